The molecule has 1 rings (SSSR count). The van der Waals surface area contributed by atoms with Crippen LogP contribution in [0.3, 0.4) is 0 Å². The Balaban J connectivity index is 2.42. The van der Waals surface area contributed by atoms with E-state index in [-0.39, 0.29) is 11.9 Å². The summed E-state index contributed by atoms with van der Waals surface area (Å²) in [5.41, 5.74) is 1.17. The van der Waals surface area contributed by atoms with Crippen LogP contribution in [0.5, 0.6) is 0 Å². The van der Waals surface area contributed by atoms with Gasteiger partial charge in [-0.25, -0.2) is 0 Å². The van der Waals surface area contributed by atoms with Gasteiger partial charge < -0.3 is 10.1 Å². The van der Waals surface area contributed by atoms with Crippen LogP contribution in [-0.4, -0.2) is 31.4 Å². The summed E-state index contributed by atoms with van der Waals surface area (Å²) < 4.78 is 6.03. The molecule has 0 fully saturated rings. The van der Waals surface area contributed by atoms with Crippen molar-refractivity contribution >= 4 is 33.6 Å². The topological polar surface area (TPSA) is 38.3 Å². The molecule has 0 aliphatic rings. The summed E-state index contributed by atoms with van der Waals surface area (Å²) in [6.07, 6.45) is 0. The van der Waals surface area contributed by atoms with Gasteiger partial charge in [0.1, 0.15) is 0 Å². The summed E-state index contributed by atoms with van der Waals surface area (Å²) in [4.78, 5) is 12.8. The zero-order valence-corrected chi connectivity index (χ0v) is 13.2. The fourth-order valence-electron chi connectivity index (χ4n) is 1.53. The Hall–Kier alpha value is -0.520. The number of nitrogens with one attached hydrogen (secondary N) is 1. The highest BCUT2D eigenvalue weighted by molar-refractivity contribution is 9.10. The van der Waals surface area contributed by atoms with Gasteiger partial charge in [-0.15, -0.1) is 11.8 Å². The number of benzene rings is 1. The van der Waals surface area contributed by atoms with Crippen LogP contribution < -0.4 is 5.32 Å². The number of rotatable bonds is 6. The average Bonchev–Trinajstić information content (AvgIpc) is 2.28. The van der Waals surface area contributed by atoms with Crippen molar-refractivity contribution in [3.8, 4) is 0 Å². The first kappa shape index (κ1) is 15.5. The summed E-state index contributed by atoms with van der Waals surface area (Å²) in [5.74, 6) is 0.461. The maximum atomic E-state index is 11.7. The Morgan fingerprint density at radius 3 is 2.89 bits per heavy atom. The Bertz CT molecular complexity index is 412. The molecule has 3 nitrogen and oxygen atoms in total. The van der Waals surface area contributed by atoms with Crippen LogP contribution in [0.25, 0.3) is 0 Å². The molecular formula is C13H18BrNO2S. The minimum absolute atomic E-state index is 0.0341. The lowest BCUT2D eigenvalue weighted by Crippen LogP contribution is -2.36. The van der Waals surface area contributed by atoms with Gasteiger partial charge in [0.05, 0.1) is 12.4 Å². The van der Waals surface area contributed by atoms with Crippen LogP contribution in [-0.2, 0) is 9.53 Å². The highest BCUT2D eigenvalue weighted by Crippen LogP contribution is 2.25. The van der Waals surface area contributed by atoms with Gasteiger partial charge in [0.25, 0.3) is 0 Å². The molecule has 0 bridgehead atoms. The van der Waals surface area contributed by atoms with Crippen molar-refractivity contribution in [3.63, 3.8) is 0 Å². The molecule has 1 N–H and O–H groups in total. The van der Waals surface area contributed by atoms with Crippen molar-refractivity contribution in [2.75, 3.05) is 19.5 Å². The van der Waals surface area contributed by atoms with Gasteiger partial charge in [-0.1, -0.05) is 15.9 Å². The number of hydrogen-bond donors (Lipinski definition) is 1. The maximum absolute atomic E-state index is 11.7. The second-order valence-electron chi connectivity index (χ2n) is 4.12. The summed E-state index contributed by atoms with van der Waals surface area (Å²) in [5, 5.41) is 2.89. The molecule has 1 unspecified atom stereocenters. The molecule has 100 valence electrons. The fraction of sp³-hybridized carbons (Fsp3) is 0.462. The van der Waals surface area contributed by atoms with Crippen molar-refractivity contribution in [1.29, 1.82) is 0 Å². The summed E-state index contributed by atoms with van der Waals surface area (Å²) in [6, 6.07) is 6.11. The third kappa shape index (κ3) is 5.42. The number of carbonyl (C=O) groups is 1. The average molecular weight is 332 g/mol. The van der Waals surface area contributed by atoms with E-state index in [1.807, 2.05) is 32.0 Å². The van der Waals surface area contributed by atoms with Gasteiger partial charge in [0, 0.05) is 22.5 Å². The molecule has 0 saturated carbocycles. The lowest BCUT2D eigenvalue weighted by molar-refractivity contribution is -0.119. The number of ether oxygens (including phenoxy) is 1. The summed E-state index contributed by atoms with van der Waals surface area (Å²) >= 11 is 4.97. The van der Waals surface area contributed by atoms with E-state index in [0.29, 0.717) is 12.4 Å². The van der Waals surface area contributed by atoms with E-state index in [4.69, 9.17) is 4.74 Å². The van der Waals surface area contributed by atoms with Crippen molar-refractivity contribution in [2.24, 2.45) is 0 Å². The third-order valence-electron chi connectivity index (χ3n) is 2.32. The van der Waals surface area contributed by atoms with Gasteiger partial charge >= 0.3 is 0 Å². The van der Waals surface area contributed by atoms with Gasteiger partial charge in [-0.2, -0.15) is 0 Å². The number of amides is 1. The molecule has 0 spiro atoms. The molecule has 0 aliphatic carbocycles. The summed E-state index contributed by atoms with van der Waals surface area (Å²) in [7, 11) is 1.63. The molecule has 1 amide bonds. The zero-order chi connectivity index (χ0) is 13.5. The molecule has 1 atom stereocenters. The number of aryl methyl sites for hydroxylation is 1. The molecule has 0 radical (unpaired) electrons. The lowest BCUT2D eigenvalue weighted by Gasteiger charge is -2.12. The smallest absolute Gasteiger partial charge is 0.230 e. The van der Waals surface area contributed by atoms with Crippen LogP contribution in [0, 0.1) is 6.92 Å². The molecular weight excluding hydrogens is 314 g/mol. The van der Waals surface area contributed by atoms with Crippen molar-refractivity contribution in [2.45, 2.75) is 24.8 Å². The minimum atomic E-state index is 0.0341. The number of hydrogen-bond acceptors (Lipinski definition) is 3. The van der Waals surface area contributed by atoms with E-state index < -0.39 is 0 Å². The number of halogens is 1. The van der Waals surface area contributed by atoms with Crippen molar-refractivity contribution in [3.05, 3.63) is 28.2 Å². The normalized spacial score (nSPS) is 12.2. The van der Waals surface area contributed by atoms with E-state index in [1.165, 1.54) is 5.56 Å². The van der Waals surface area contributed by atoms with Gasteiger partial charge in [-0.3, -0.25) is 4.79 Å². The maximum Gasteiger partial charge on any atom is 0.230 e. The first-order valence-electron chi connectivity index (χ1n) is 5.70. The van der Waals surface area contributed by atoms with Gasteiger partial charge in [-0.05, 0) is 37.6 Å². The second kappa shape index (κ2) is 7.81. The highest BCUT2D eigenvalue weighted by atomic mass is 79.9. The molecule has 5 heteroatoms. The SMILES string of the molecule is COCC(C)NC(=O)CSc1ccc(Br)cc1C. The zero-order valence-electron chi connectivity index (χ0n) is 10.8. The molecule has 0 aliphatic heterocycles. The Morgan fingerprint density at radius 2 is 2.28 bits per heavy atom. The standard InChI is InChI=1S/C13H18BrNO2S/c1-9-6-11(14)4-5-12(9)18-8-13(16)15-10(2)7-17-3/h4-6,10H,7-8H2,1-3H3,(H,15,16). The van der Waals surface area contributed by atoms with Crippen molar-refractivity contribution in [1.82, 2.24) is 5.32 Å². The summed E-state index contributed by atoms with van der Waals surface area (Å²) in [6.45, 7) is 4.50. The predicted molar refractivity (Wildman–Crippen MR) is 79.1 cm³/mol. The minimum Gasteiger partial charge on any atom is -0.383 e. The van der Waals surface area contributed by atoms with E-state index in [0.717, 1.165) is 9.37 Å². The molecule has 0 aromatic heterocycles. The van der Waals surface area contributed by atoms with Crippen LogP contribution in [0.4, 0.5) is 0 Å². The first-order valence-corrected chi connectivity index (χ1v) is 7.48. The van der Waals surface area contributed by atoms with Gasteiger partial charge in [0.2, 0.25) is 5.91 Å². The largest absolute Gasteiger partial charge is 0.383 e. The number of carbonyl (C=O) groups excluding carboxylic acids is 1. The highest BCUT2D eigenvalue weighted by Gasteiger charge is 2.08. The quantitative estimate of drug-likeness (QED) is 0.814. The van der Waals surface area contributed by atoms with Crippen LogP contribution in [0.15, 0.2) is 27.6 Å². The molecule has 18 heavy (non-hydrogen) atoms. The lowest BCUT2D eigenvalue weighted by atomic mass is 10.2. The molecule has 1 aromatic carbocycles. The Kier molecular flexibility index (Phi) is 6.75. The third-order valence-corrected chi connectivity index (χ3v) is 3.99. The van der Waals surface area contributed by atoms with Crippen molar-refractivity contribution < 1.29 is 9.53 Å². The Morgan fingerprint density at radius 1 is 1.56 bits per heavy atom. The number of methoxy groups -OCH3 is 1. The second-order valence-corrected chi connectivity index (χ2v) is 6.06. The van der Waals surface area contributed by atoms with E-state index in [1.54, 1.807) is 18.9 Å². The molecule has 0 saturated heterocycles. The van der Waals surface area contributed by atoms with Crippen LogP contribution in [0.1, 0.15) is 12.5 Å². The monoisotopic (exact) mass is 331 g/mol. The fourth-order valence-corrected chi connectivity index (χ4v) is 2.82. The molecule has 0 heterocycles. The van der Waals surface area contributed by atoms with Gasteiger partial charge in [0.15, 0.2) is 0 Å². The van der Waals surface area contributed by atoms with E-state index in [2.05, 4.69) is 21.2 Å². The first-order chi connectivity index (χ1) is 8.52. The predicted octanol–water partition coefficient (Wildman–Crippen LogP) is 3.00. The van der Waals surface area contributed by atoms with Crippen LogP contribution in [0.2, 0.25) is 0 Å². The molecule has 1 aromatic rings. The van der Waals surface area contributed by atoms with E-state index in [9.17, 15) is 4.79 Å². The van der Waals surface area contributed by atoms with Crippen LogP contribution >= 0.6 is 27.7 Å². The van der Waals surface area contributed by atoms with E-state index >= 15 is 0 Å². The number of thioether (sulfide) groups is 1. The Labute approximate surface area is 121 Å².